The summed E-state index contributed by atoms with van der Waals surface area (Å²) >= 11 is 0. The van der Waals surface area contributed by atoms with Crippen LogP contribution in [0.3, 0.4) is 0 Å². The molecule has 0 unspecified atom stereocenters. The van der Waals surface area contributed by atoms with E-state index in [4.69, 9.17) is 10.0 Å². The first-order valence-electron chi connectivity index (χ1n) is 3.94. The zero-order valence-corrected chi connectivity index (χ0v) is 7.49. The zero-order valence-electron chi connectivity index (χ0n) is 7.49. The summed E-state index contributed by atoms with van der Waals surface area (Å²) in [5, 5.41) is 19.8. The molecule has 0 aliphatic heterocycles. The van der Waals surface area contributed by atoms with Gasteiger partial charge in [0, 0.05) is 7.05 Å². The van der Waals surface area contributed by atoms with Gasteiger partial charge in [0.15, 0.2) is 0 Å². The van der Waals surface area contributed by atoms with Crippen LogP contribution in [-0.4, -0.2) is 30.1 Å². The van der Waals surface area contributed by atoms with Crippen molar-refractivity contribution in [2.75, 3.05) is 7.05 Å². The van der Waals surface area contributed by atoms with Crippen molar-refractivity contribution in [3.05, 3.63) is 29.6 Å². The second kappa shape index (κ2) is 4.21. The summed E-state index contributed by atoms with van der Waals surface area (Å²) in [5.41, 5.74) is -0.136. The van der Waals surface area contributed by atoms with Gasteiger partial charge in [-0.2, -0.15) is 0 Å². The lowest BCUT2D eigenvalue weighted by Crippen LogP contribution is -2.32. The van der Waals surface area contributed by atoms with Gasteiger partial charge in [0.1, 0.15) is 5.82 Å². The summed E-state index contributed by atoms with van der Waals surface area (Å²) in [4.78, 5) is 11.1. The molecule has 74 valence electrons. The molecule has 0 aliphatic carbocycles. The highest BCUT2D eigenvalue weighted by molar-refractivity contribution is 6.58. The average Bonchev–Trinajstić information content (AvgIpc) is 2.17. The molecule has 3 N–H and O–H groups in total. The lowest BCUT2D eigenvalue weighted by Gasteiger charge is -2.04. The second-order valence-electron chi connectivity index (χ2n) is 2.69. The first-order valence-corrected chi connectivity index (χ1v) is 3.94. The van der Waals surface area contributed by atoms with Gasteiger partial charge in [-0.25, -0.2) is 4.39 Å². The Morgan fingerprint density at radius 1 is 1.50 bits per heavy atom. The Morgan fingerprint density at radius 3 is 2.64 bits per heavy atom. The molecule has 1 rings (SSSR count). The number of rotatable bonds is 2. The Morgan fingerprint density at radius 2 is 2.14 bits per heavy atom. The van der Waals surface area contributed by atoms with Gasteiger partial charge in [0.05, 0.1) is 5.56 Å². The third-order valence-electron chi connectivity index (χ3n) is 1.76. The molecule has 6 heteroatoms. The van der Waals surface area contributed by atoms with Crippen molar-refractivity contribution in [2.45, 2.75) is 0 Å². The van der Waals surface area contributed by atoms with Crippen molar-refractivity contribution in [1.29, 1.82) is 0 Å². The van der Waals surface area contributed by atoms with Crippen LogP contribution in [0.2, 0.25) is 0 Å². The third kappa shape index (κ3) is 2.10. The maximum Gasteiger partial charge on any atom is 0.488 e. The fraction of sp³-hybridized carbons (Fsp3) is 0.125. The highest BCUT2D eigenvalue weighted by Crippen LogP contribution is 2.04. The standard InChI is InChI=1S/C8H9BFNO3/c1-11-8(12)6-4-5(9(13)14)2-3-7(6)10/h2-4,13-14H,1H3,(H,11,12). The molecule has 1 aromatic rings. The number of hydrogen-bond donors (Lipinski definition) is 3. The maximum absolute atomic E-state index is 13.0. The van der Waals surface area contributed by atoms with Crippen molar-refractivity contribution < 1.29 is 19.2 Å². The molecule has 0 bridgehead atoms. The van der Waals surface area contributed by atoms with Gasteiger partial charge < -0.3 is 15.4 Å². The molecule has 14 heavy (non-hydrogen) atoms. The van der Waals surface area contributed by atoms with Crippen LogP contribution in [0.4, 0.5) is 4.39 Å². The van der Waals surface area contributed by atoms with Gasteiger partial charge in [-0.05, 0) is 17.6 Å². The second-order valence-corrected chi connectivity index (χ2v) is 2.69. The van der Waals surface area contributed by atoms with Crippen molar-refractivity contribution in [2.24, 2.45) is 0 Å². The molecule has 0 saturated heterocycles. The summed E-state index contributed by atoms with van der Waals surface area (Å²) in [5.74, 6) is -1.31. The minimum atomic E-state index is -1.71. The summed E-state index contributed by atoms with van der Waals surface area (Å²) < 4.78 is 13.0. The molecule has 0 spiro atoms. The summed E-state index contributed by atoms with van der Waals surface area (Å²) in [6.07, 6.45) is 0. The topological polar surface area (TPSA) is 69.6 Å². The molecule has 0 aliphatic rings. The van der Waals surface area contributed by atoms with E-state index < -0.39 is 18.8 Å². The number of halogens is 1. The number of carbonyl (C=O) groups is 1. The van der Waals surface area contributed by atoms with Gasteiger partial charge in [-0.1, -0.05) is 6.07 Å². The van der Waals surface area contributed by atoms with E-state index in [1.807, 2.05) is 0 Å². The SMILES string of the molecule is CNC(=O)c1cc(B(O)O)ccc1F. The highest BCUT2D eigenvalue weighted by atomic mass is 19.1. The molecule has 1 amide bonds. The number of nitrogens with one attached hydrogen (secondary N) is 1. The Labute approximate surface area is 80.5 Å². The van der Waals surface area contributed by atoms with Gasteiger partial charge in [0.25, 0.3) is 5.91 Å². The van der Waals surface area contributed by atoms with Crippen molar-refractivity contribution in [1.82, 2.24) is 5.32 Å². The summed E-state index contributed by atoms with van der Waals surface area (Å²) in [6.45, 7) is 0. The lowest BCUT2D eigenvalue weighted by atomic mass is 9.79. The fourth-order valence-corrected chi connectivity index (χ4v) is 1.01. The Bertz CT molecular complexity index is 356. The Hall–Kier alpha value is -1.40. The Balaban J connectivity index is 3.15. The van der Waals surface area contributed by atoms with Gasteiger partial charge in [0.2, 0.25) is 0 Å². The van der Waals surface area contributed by atoms with E-state index in [0.717, 1.165) is 12.1 Å². The van der Waals surface area contributed by atoms with E-state index in [9.17, 15) is 9.18 Å². The van der Waals surface area contributed by atoms with Crippen LogP contribution in [0.15, 0.2) is 18.2 Å². The molecule has 0 saturated carbocycles. The normalized spacial score (nSPS) is 9.71. The molecular weight excluding hydrogens is 188 g/mol. The van der Waals surface area contributed by atoms with Crippen LogP contribution in [-0.2, 0) is 0 Å². The monoisotopic (exact) mass is 197 g/mol. The molecule has 0 atom stereocenters. The first-order chi connectivity index (χ1) is 6.56. The van der Waals surface area contributed by atoms with E-state index >= 15 is 0 Å². The zero-order chi connectivity index (χ0) is 10.7. The van der Waals surface area contributed by atoms with Crippen LogP contribution in [0.25, 0.3) is 0 Å². The molecular formula is C8H9BFNO3. The van der Waals surface area contributed by atoms with E-state index in [1.165, 1.54) is 13.1 Å². The third-order valence-corrected chi connectivity index (χ3v) is 1.76. The fourth-order valence-electron chi connectivity index (χ4n) is 1.01. The van der Waals surface area contributed by atoms with Gasteiger partial charge in [-0.15, -0.1) is 0 Å². The van der Waals surface area contributed by atoms with E-state index in [0.29, 0.717) is 0 Å². The molecule has 0 heterocycles. The number of carbonyl (C=O) groups excluding carboxylic acids is 1. The first kappa shape index (κ1) is 10.7. The van der Waals surface area contributed by atoms with Crippen molar-refractivity contribution in [3.8, 4) is 0 Å². The maximum atomic E-state index is 13.0. The van der Waals surface area contributed by atoms with Crippen LogP contribution < -0.4 is 10.8 Å². The molecule has 0 fully saturated rings. The lowest BCUT2D eigenvalue weighted by molar-refractivity contribution is 0.0959. The quantitative estimate of drug-likeness (QED) is 0.525. The molecule has 0 radical (unpaired) electrons. The predicted octanol–water partition coefficient (Wildman–Crippen LogP) is -1.13. The largest absolute Gasteiger partial charge is 0.488 e. The van der Waals surface area contributed by atoms with E-state index in [1.54, 1.807) is 0 Å². The number of amides is 1. The predicted molar refractivity (Wildman–Crippen MR) is 49.6 cm³/mol. The van der Waals surface area contributed by atoms with E-state index in [2.05, 4.69) is 5.32 Å². The van der Waals surface area contributed by atoms with Crippen LogP contribution in [0.5, 0.6) is 0 Å². The van der Waals surface area contributed by atoms with Crippen molar-refractivity contribution in [3.63, 3.8) is 0 Å². The summed E-state index contributed by atoms with van der Waals surface area (Å²) in [7, 11) is -0.344. The smallest absolute Gasteiger partial charge is 0.423 e. The minimum Gasteiger partial charge on any atom is -0.423 e. The average molecular weight is 197 g/mol. The highest BCUT2D eigenvalue weighted by Gasteiger charge is 2.16. The molecule has 0 aromatic heterocycles. The number of benzene rings is 1. The van der Waals surface area contributed by atoms with Crippen LogP contribution in [0, 0.1) is 5.82 Å². The van der Waals surface area contributed by atoms with Crippen LogP contribution >= 0.6 is 0 Å². The van der Waals surface area contributed by atoms with Gasteiger partial charge in [-0.3, -0.25) is 4.79 Å². The van der Waals surface area contributed by atoms with Crippen LogP contribution in [0.1, 0.15) is 10.4 Å². The Kier molecular flexibility index (Phi) is 3.21. The number of hydrogen-bond acceptors (Lipinski definition) is 3. The molecule has 1 aromatic carbocycles. The summed E-state index contributed by atoms with van der Waals surface area (Å²) in [6, 6.07) is 3.31. The van der Waals surface area contributed by atoms with E-state index in [-0.39, 0.29) is 11.0 Å². The van der Waals surface area contributed by atoms with Crippen molar-refractivity contribution >= 4 is 18.5 Å². The van der Waals surface area contributed by atoms with Gasteiger partial charge >= 0.3 is 7.12 Å². The molecule has 4 nitrogen and oxygen atoms in total. The minimum absolute atomic E-state index is 0.0741.